The Bertz CT molecular complexity index is 649. The number of carbonyl (C=O) groups is 1. The fourth-order valence-corrected chi connectivity index (χ4v) is 3.39. The highest BCUT2D eigenvalue weighted by atomic mass is 32.1. The Morgan fingerprint density at radius 2 is 2.19 bits per heavy atom. The number of morpholine rings is 1. The number of aryl methyl sites for hydroxylation is 1. The molecule has 0 saturated carbocycles. The molecule has 1 aliphatic heterocycles. The number of anilines is 1. The number of carbonyl (C=O) groups excluding carboxylic acids is 1. The van der Waals surface area contributed by atoms with Gasteiger partial charge in [-0.3, -0.25) is 9.69 Å². The molecule has 1 saturated heterocycles. The fraction of sp³-hybridized carbons (Fsp3) is 0.467. The third-order valence-corrected chi connectivity index (χ3v) is 4.68. The third-order valence-electron chi connectivity index (χ3n) is 3.75. The Hall–Kier alpha value is -1.50. The van der Waals surface area contributed by atoms with Gasteiger partial charge < -0.3 is 10.1 Å². The van der Waals surface area contributed by atoms with Crippen molar-refractivity contribution >= 4 is 32.6 Å². The molecule has 0 spiro atoms. The van der Waals surface area contributed by atoms with E-state index in [1.54, 1.807) is 0 Å². The molecule has 1 atom stereocenters. The van der Waals surface area contributed by atoms with E-state index in [0.717, 1.165) is 23.3 Å². The monoisotopic (exact) mass is 305 g/mol. The number of nitrogens with one attached hydrogen (secondary N) is 1. The molecule has 5 nitrogen and oxygen atoms in total. The highest BCUT2D eigenvalue weighted by Gasteiger charge is 2.23. The molecule has 1 fully saturated rings. The van der Waals surface area contributed by atoms with E-state index in [0.29, 0.717) is 18.3 Å². The molecule has 1 aliphatic rings. The number of rotatable bonds is 3. The molecule has 1 unspecified atom stereocenters. The lowest BCUT2D eigenvalue weighted by molar-refractivity contribution is -0.122. The van der Waals surface area contributed by atoms with Gasteiger partial charge in [-0.2, -0.15) is 0 Å². The number of fused-ring (bicyclic) bond motifs is 1. The van der Waals surface area contributed by atoms with Crippen LogP contribution >= 0.6 is 11.3 Å². The second-order valence-electron chi connectivity index (χ2n) is 5.30. The summed E-state index contributed by atoms with van der Waals surface area (Å²) in [6.45, 7) is 6.97. The Morgan fingerprint density at radius 3 is 2.95 bits per heavy atom. The maximum absolute atomic E-state index is 12.3. The Kier molecular flexibility index (Phi) is 4.19. The van der Waals surface area contributed by atoms with Crippen molar-refractivity contribution < 1.29 is 9.53 Å². The van der Waals surface area contributed by atoms with Crippen LogP contribution in [0.15, 0.2) is 18.2 Å². The molecule has 1 amide bonds. The van der Waals surface area contributed by atoms with Crippen molar-refractivity contribution in [3.8, 4) is 0 Å². The van der Waals surface area contributed by atoms with Crippen molar-refractivity contribution in [3.63, 3.8) is 0 Å². The summed E-state index contributed by atoms with van der Waals surface area (Å²) >= 11 is 1.52. The normalized spacial score (nSPS) is 17.8. The van der Waals surface area contributed by atoms with Gasteiger partial charge in [-0.15, -0.1) is 0 Å². The Labute approximate surface area is 127 Å². The molecule has 3 rings (SSSR count). The smallest absolute Gasteiger partial charge is 0.243 e. The van der Waals surface area contributed by atoms with Crippen molar-refractivity contribution in [2.75, 3.05) is 31.6 Å². The predicted octanol–water partition coefficient (Wildman–Crippen LogP) is 2.26. The number of nitrogens with zero attached hydrogens (tertiary/aromatic N) is 2. The second-order valence-corrected chi connectivity index (χ2v) is 6.33. The van der Waals surface area contributed by atoms with Crippen molar-refractivity contribution in [1.29, 1.82) is 0 Å². The Balaban J connectivity index is 1.70. The number of hydrogen-bond donors (Lipinski definition) is 1. The number of benzene rings is 1. The van der Waals surface area contributed by atoms with Gasteiger partial charge in [0.1, 0.15) is 0 Å². The topological polar surface area (TPSA) is 54.5 Å². The van der Waals surface area contributed by atoms with E-state index in [-0.39, 0.29) is 11.9 Å². The summed E-state index contributed by atoms with van der Waals surface area (Å²) in [7, 11) is 0. The van der Waals surface area contributed by atoms with E-state index in [9.17, 15) is 4.79 Å². The van der Waals surface area contributed by atoms with Crippen molar-refractivity contribution in [3.05, 3.63) is 23.8 Å². The molecule has 1 aromatic heterocycles. The van der Waals surface area contributed by atoms with Gasteiger partial charge in [0.25, 0.3) is 0 Å². The first-order valence-corrected chi connectivity index (χ1v) is 7.95. The van der Waals surface area contributed by atoms with E-state index in [4.69, 9.17) is 4.74 Å². The zero-order valence-corrected chi connectivity index (χ0v) is 13.1. The summed E-state index contributed by atoms with van der Waals surface area (Å²) in [5.41, 5.74) is 2.13. The highest BCUT2D eigenvalue weighted by Crippen LogP contribution is 2.26. The van der Waals surface area contributed by atoms with Crippen molar-refractivity contribution in [2.45, 2.75) is 19.9 Å². The van der Waals surface area contributed by atoms with E-state index < -0.39 is 0 Å². The number of amides is 1. The summed E-state index contributed by atoms with van der Waals surface area (Å²) in [4.78, 5) is 18.9. The van der Waals surface area contributed by atoms with Crippen LogP contribution < -0.4 is 5.32 Å². The molecule has 1 N–H and O–H groups in total. The van der Waals surface area contributed by atoms with Crippen LogP contribution in [0, 0.1) is 6.92 Å². The van der Waals surface area contributed by atoms with Crippen LogP contribution in [0.4, 0.5) is 5.13 Å². The summed E-state index contributed by atoms with van der Waals surface area (Å²) < 4.78 is 6.42. The molecule has 21 heavy (non-hydrogen) atoms. The van der Waals surface area contributed by atoms with Crippen LogP contribution in [0.5, 0.6) is 0 Å². The molecular weight excluding hydrogens is 286 g/mol. The van der Waals surface area contributed by atoms with Crippen molar-refractivity contribution in [2.24, 2.45) is 0 Å². The summed E-state index contributed by atoms with van der Waals surface area (Å²) in [5.74, 6) is -0.00678. The van der Waals surface area contributed by atoms with Gasteiger partial charge in [-0.05, 0) is 31.5 Å². The zero-order valence-electron chi connectivity index (χ0n) is 12.3. The van der Waals surface area contributed by atoms with Gasteiger partial charge in [0.2, 0.25) is 5.91 Å². The highest BCUT2D eigenvalue weighted by molar-refractivity contribution is 7.22. The van der Waals surface area contributed by atoms with Gasteiger partial charge >= 0.3 is 0 Å². The van der Waals surface area contributed by atoms with Gasteiger partial charge in [-0.25, -0.2) is 4.98 Å². The van der Waals surface area contributed by atoms with Crippen LogP contribution in [-0.4, -0.2) is 48.1 Å². The van der Waals surface area contributed by atoms with E-state index in [1.807, 2.05) is 19.1 Å². The first kappa shape index (κ1) is 14.4. The molecule has 2 heterocycles. The van der Waals surface area contributed by atoms with Crippen LogP contribution in [0.1, 0.15) is 12.5 Å². The van der Waals surface area contributed by atoms with Crippen LogP contribution in [0.25, 0.3) is 10.2 Å². The molecule has 112 valence electrons. The van der Waals surface area contributed by atoms with Crippen LogP contribution in [0.3, 0.4) is 0 Å². The minimum Gasteiger partial charge on any atom is -0.379 e. The van der Waals surface area contributed by atoms with Crippen molar-refractivity contribution in [1.82, 2.24) is 9.88 Å². The first-order chi connectivity index (χ1) is 10.1. The number of hydrogen-bond acceptors (Lipinski definition) is 5. The molecule has 6 heteroatoms. The summed E-state index contributed by atoms with van der Waals surface area (Å²) in [6.07, 6.45) is 0. The number of ether oxygens (including phenoxy) is 1. The number of thiazole rings is 1. The standard InChI is InChI=1S/C15H19N3O2S/c1-10-3-4-12-13(9-10)21-15(16-12)17-14(19)11(2)18-5-7-20-8-6-18/h3-4,9,11H,5-8H2,1-2H3,(H,16,17,19). The molecule has 0 radical (unpaired) electrons. The third kappa shape index (κ3) is 3.23. The molecule has 1 aromatic carbocycles. The van der Waals surface area contributed by atoms with Crippen LogP contribution in [0.2, 0.25) is 0 Å². The second kappa shape index (κ2) is 6.09. The zero-order chi connectivity index (χ0) is 14.8. The quantitative estimate of drug-likeness (QED) is 0.945. The fourth-order valence-electron chi connectivity index (χ4n) is 2.43. The molecular formula is C15H19N3O2S. The summed E-state index contributed by atoms with van der Waals surface area (Å²) in [5, 5.41) is 3.60. The lowest BCUT2D eigenvalue weighted by Crippen LogP contribution is -2.47. The van der Waals surface area contributed by atoms with Crippen LogP contribution in [-0.2, 0) is 9.53 Å². The van der Waals surface area contributed by atoms with E-state index in [1.165, 1.54) is 16.9 Å². The minimum atomic E-state index is -0.164. The average Bonchev–Trinajstić information content (AvgIpc) is 2.88. The van der Waals surface area contributed by atoms with Gasteiger partial charge in [0, 0.05) is 13.1 Å². The molecule has 0 bridgehead atoms. The van der Waals surface area contributed by atoms with E-state index >= 15 is 0 Å². The lowest BCUT2D eigenvalue weighted by atomic mass is 10.2. The van der Waals surface area contributed by atoms with Gasteiger partial charge in [0.15, 0.2) is 5.13 Å². The SMILES string of the molecule is Cc1ccc2nc(NC(=O)C(C)N3CCOCC3)sc2c1. The number of aromatic nitrogens is 1. The van der Waals surface area contributed by atoms with E-state index in [2.05, 4.69) is 28.2 Å². The average molecular weight is 305 g/mol. The predicted molar refractivity (Wildman–Crippen MR) is 84.8 cm³/mol. The largest absolute Gasteiger partial charge is 0.379 e. The first-order valence-electron chi connectivity index (χ1n) is 7.13. The maximum atomic E-state index is 12.3. The summed E-state index contributed by atoms with van der Waals surface area (Å²) in [6, 6.07) is 5.95. The molecule has 2 aromatic rings. The van der Waals surface area contributed by atoms with Gasteiger partial charge in [0.05, 0.1) is 29.5 Å². The lowest BCUT2D eigenvalue weighted by Gasteiger charge is -2.31. The minimum absolute atomic E-state index is 0.00678. The van der Waals surface area contributed by atoms with Gasteiger partial charge in [-0.1, -0.05) is 17.4 Å². The molecule has 0 aliphatic carbocycles. The Morgan fingerprint density at radius 1 is 1.43 bits per heavy atom. The maximum Gasteiger partial charge on any atom is 0.243 e.